The molecule has 0 saturated carbocycles. The van der Waals surface area contributed by atoms with Gasteiger partial charge in [0, 0.05) is 25.3 Å². The Bertz CT molecular complexity index is 800. The third-order valence-corrected chi connectivity index (χ3v) is 5.17. The molecule has 0 aromatic heterocycles. The molecular weight excluding hydrogens is 367 g/mol. The van der Waals surface area contributed by atoms with E-state index in [9.17, 15) is 18.0 Å². The molecule has 2 aromatic rings. The number of piperazine rings is 1. The van der Waals surface area contributed by atoms with Crippen molar-refractivity contribution in [2.45, 2.75) is 12.2 Å². The van der Waals surface area contributed by atoms with Crippen LogP contribution in [-0.4, -0.2) is 51.1 Å². The molecule has 3 rings (SSSR count). The number of hydrogen-bond donors (Lipinski definition) is 1. The first-order valence-corrected chi connectivity index (χ1v) is 9.30. The molecule has 0 bridgehead atoms. The van der Waals surface area contributed by atoms with Crippen LogP contribution in [0.1, 0.15) is 17.2 Å². The fourth-order valence-electron chi connectivity index (χ4n) is 3.68. The maximum absolute atomic E-state index is 13.0. The Kier molecular flexibility index (Phi) is 5.93. The second kappa shape index (κ2) is 8.22. The average molecular weight is 392 g/mol. The fraction of sp³-hybridized carbons (Fsp3) is 0.381. The number of quaternary nitrogens is 1. The zero-order valence-electron chi connectivity index (χ0n) is 16.0. The molecular formula is C21H25F3N3O+. The van der Waals surface area contributed by atoms with Crippen LogP contribution in [0.15, 0.2) is 54.6 Å². The number of carbonyl (C=O) groups is 1. The Balaban J connectivity index is 1.75. The van der Waals surface area contributed by atoms with E-state index in [1.54, 1.807) is 25.1 Å². The molecule has 1 atom stereocenters. The van der Waals surface area contributed by atoms with Crippen LogP contribution in [0.25, 0.3) is 0 Å². The third-order valence-electron chi connectivity index (χ3n) is 5.17. The summed E-state index contributed by atoms with van der Waals surface area (Å²) in [5, 5.41) is 0. The predicted molar refractivity (Wildman–Crippen MR) is 102 cm³/mol. The molecule has 1 amide bonds. The van der Waals surface area contributed by atoms with E-state index in [2.05, 4.69) is 0 Å². The molecule has 150 valence electrons. The minimum absolute atomic E-state index is 0.0359. The third kappa shape index (κ3) is 4.47. The van der Waals surface area contributed by atoms with Gasteiger partial charge in [0.05, 0.1) is 31.7 Å². The van der Waals surface area contributed by atoms with Gasteiger partial charge in [0.2, 0.25) is 0 Å². The van der Waals surface area contributed by atoms with E-state index in [4.69, 9.17) is 0 Å². The average Bonchev–Trinajstić information content (AvgIpc) is 2.69. The van der Waals surface area contributed by atoms with Gasteiger partial charge in [-0.05, 0) is 18.2 Å². The zero-order valence-corrected chi connectivity index (χ0v) is 16.0. The summed E-state index contributed by atoms with van der Waals surface area (Å²) in [7, 11) is 3.49. The van der Waals surface area contributed by atoms with Gasteiger partial charge < -0.3 is 14.7 Å². The van der Waals surface area contributed by atoms with Crippen molar-refractivity contribution >= 4 is 11.6 Å². The Labute approximate surface area is 163 Å². The smallest absolute Gasteiger partial charge is 0.360 e. The molecule has 2 aromatic carbocycles. The molecule has 7 heteroatoms. The van der Waals surface area contributed by atoms with Crippen LogP contribution in [0.2, 0.25) is 0 Å². The number of nitrogens with zero attached hydrogens (tertiary/aromatic N) is 2. The monoisotopic (exact) mass is 392 g/mol. The van der Waals surface area contributed by atoms with Crippen LogP contribution in [0.4, 0.5) is 18.9 Å². The number of benzene rings is 2. The number of hydrogen-bond acceptors (Lipinski definition) is 2. The fourth-order valence-corrected chi connectivity index (χ4v) is 3.68. The largest absolute Gasteiger partial charge is 0.416 e. The van der Waals surface area contributed by atoms with Crippen molar-refractivity contribution in [3.05, 3.63) is 65.7 Å². The van der Waals surface area contributed by atoms with Gasteiger partial charge in [-0.1, -0.05) is 36.4 Å². The Morgan fingerprint density at radius 1 is 1.04 bits per heavy atom. The van der Waals surface area contributed by atoms with Crippen molar-refractivity contribution < 1.29 is 22.9 Å². The van der Waals surface area contributed by atoms with E-state index in [1.165, 1.54) is 12.1 Å². The van der Waals surface area contributed by atoms with Gasteiger partial charge in [0.25, 0.3) is 5.91 Å². The van der Waals surface area contributed by atoms with Crippen molar-refractivity contribution in [2.24, 2.45) is 0 Å². The number of nitrogens with one attached hydrogen (secondary N) is 1. The van der Waals surface area contributed by atoms with Gasteiger partial charge >= 0.3 is 6.18 Å². The lowest BCUT2D eigenvalue weighted by Crippen LogP contribution is -3.16. The lowest BCUT2D eigenvalue weighted by atomic mass is 10.0. The van der Waals surface area contributed by atoms with Crippen LogP contribution in [-0.2, 0) is 11.0 Å². The molecule has 1 N–H and O–H groups in total. The standard InChI is InChI=1S/C21H24F3N3O/c1-25(2)20(28)19(16-7-4-3-5-8-16)27-13-11-26(12-14-27)18-10-6-9-17(15-18)21(22,23)24/h3-10,15,19H,11-14H2,1-2H3/p+1/t19-/m1/s1. The highest BCUT2D eigenvalue weighted by Crippen LogP contribution is 2.31. The number of likely N-dealkylation sites (N-methyl/N-ethyl adjacent to an activating group) is 1. The van der Waals surface area contributed by atoms with Gasteiger partial charge in [-0.15, -0.1) is 0 Å². The number of alkyl halides is 3. The van der Waals surface area contributed by atoms with Crippen LogP contribution in [0, 0.1) is 0 Å². The van der Waals surface area contributed by atoms with Crippen molar-refractivity contribution in [3.63, 3.8) is 0 Å². The Hall–Kier alpha value is -2.54. The van der Waals surface area contributed by atoms with Gasteiger partial charge in [-0.25, -0.2) is 0 Å². The minimum atomic E-state index is -4.35. The molecule has 0 radical (unpaired) electrons. The van der Waals surface area contributed by atoms with E-state index < -0.39 is 11.7 Å². The normalized spacial score (nSPS) is 16.7. The zero-order chi connectivity index (χ0) is 20.3. The maximum atomic E-state index is 13.0. The van der Waals surface area contributed by atoms with E-state index in [-0.39, 0.29) is 11.9 Å². The van der Waals surface area contributed by atoms with E-state index >= 15 is 0 Å². The molecule has 0 spiro atoms. The number of rotatable bonds is 4. The Morgan fingerprint density at radius 3 is 2.25 bits per heavy atom. The number of halogens is 3. The molecule has 28 heavy (non-hydrogen) atoms. The molecule has 0 aliphatic carbocycles. The summed E-state index contributed by atoms with van der Waals surface area (Å²) >= 11 is 0. The van der Waals surface area contributed by atoms with Crippen LogP contribution >= 0.6 is 0 Å². The van der Waals surface area contributed by atoms with Crippen molar-refractivity contribution in [1.82, 2.24) is 4.90 Å². The Morgan fingerprint density at radius 2 is 1.68 bits per heavy atom. The summed E-state index contributed by atoms with van der Waals surface area (Å²) in [4.78, 5) is 17.5. The SMILES string of the molecule is CN(C)C(=O)[C@@H](c1ccccc1)[NH+]1CCN(c2cccc(C(F)(F)F)c2)CC1. The lowest BCUT2D eigenvalue weighted by molar-refractivity contribution is -0.922. The van der Waals surface area contributed by atoms with Gasteiger partial charge in [0.15, 0.2) is 6.04 Å². The molecule has 1 aliphatic heterocycles. The number of amides is 1. The van der Waals surface area contributed by atoms with Gasteiger partial charge in [0.1, 0.15) is 0 Å². The molecule has 1 fully saturated rings. The van der Waals surface area contributed by atoms with Crippen LogP contribution < -0.4 is 9.80 Å². The maximum Gasteiger partial charge on any atom is 0.416 e. The summed E-state index contributed by atoms with van der Waals surface area (Å²) in [5.41, 5.74) is 0.900. The molecule has 0 unspecified atom stereocenters. The predicted octanol–water partition coefficient (Wildman–Crippen LogP) is 2.24. The summed E-state index contributed by atoms with van der Waals surface area (Å²) in [6.07, 6.45) is -4.35. The first-order chi connectivity index (χ1) is 13.3. The second-order valence-corrected chi connectivity index (χ2v) is 7.27. The minimum Gasteiger partial charge on any atom is -0.360 e. The van der Waals surface area contributed by atoms with Crippen molar-refractivity contribution in [1.29, 1.82) is 0 Å². The topological polar surface area (TPSA) is 28.0 Å². The van der Waals surface area contributed by atoms with E-state index in [0.717, 1.165) is 16.5 Å². The number of carbonyl (C=O) groups excluding carboxylic acids is 1. The highest BCUT2D eigenvalue weighted by Gasteiger charge is 2.36. The molecule has 4 nitrogen and oxygen atoms in total. The molecule has 1 aliphatic rings. The molecule has 1 saturated heterocycles. The van der Waals surface area contributed by atoms with Crippen LogP contribution in [0.5, 0.6) is 0 Å². The van der Waals surface area contributed by atoms with Crippen LogP contribution in [0.3, 0.4) is 0 Å². The lowest BCUT2D eigenvalue weighted by Gasteiger charge is -2.38. The van der Waals surface area contributed by atoms with Gasteiger partial charge in [-0.3, -0.25) is 4.79 Å². The summed E-state index contributed by atoms with van der Waals surface area (Å²) in [6, 6.07) is 14.8. The summed E-state index contributed by atoms with van der Waals surface area (Å²) in [5.74, 6) is 0.0359. The first kappa shape index (κ1) is 20.2. The van der Waals surface area contributed by atoms with E-state index in [0.29, 0.717) is 31.9 Å². The first-order valence-electron chi connectivity index (χ1n) is 9.30. The quantitative estimate of drug-likeness (QED) is 0.865. The van der Waals surface area contributed by atoms with Crippen molar-refractivity contribution in [3.8, 4) is 0 Å². The summed E-state index contributed by atoms with van der Waals surface area (Å²) in [6.45, 7) is 2.55. The highest BCUT2D eigenvalue weighted by molar-refractivity contribution is 5.81. The molecule has 1 heterocycles. The highest BCUT2D eigenvalue weighted by atomic mass is 19.4. The second-order valence-electron chi connectivity index (χ2n) is 7.27. The summed E-state index contributed by atoms with van der Waals surface area (Å²) < 4.78 is 39.0. The van der Waals surface area contributed by atoms with Gasteiger partial charge in [-0.2, -0.15) is 13.2 Å². The van der Waals surface area contributed by atoms with E-state index in [1.807, 2.05) is 35.2 Å². The number of anilines is 1. The van der Waals surface area contributed by atoms with Crippen molar-refractivity contribution in [2.75, 3.05) is 45.2 Å².